The minimum absolute atomic E-state index is 0.105. The number of nitrogens with zero attached hydrogens (tertiary/aromatic N) is 1. The van der Waals surface area contributed by atoms with Crippen molar-refractivity contribution < 1.29 is 14.3 Å². The second-order valence-electron chi connectivity index (χ2n) is 6.05. The van der Waals surface area contributed by atoms with Crippen LogP contribution in [0.4, 0.5) is 0 Å². The van der Waals surface area contributed by atoms with E-state index >= 15 is 0 Å². The van der Waals surface area contributed by atoms with Crippen LogP contribution in [0.1, 0.15) is 49.9 Å². The van der Waals surface area contributed by atoms with Gasteiger partial charge >= 0.3 is 5.97 Å². The summed E-state index contributed by atoms with van der Waals surface area (Å²) in [6.45, 7) is 6.08. The number of carbonyl (C=O) groups is 2. The molecule has 0 aliphatic carbocycles. The zero-order valence-corrected chi connectivity index (χ0v) is 16.1. The molecule has 136 valence electrons. The molecule has 1 atom stereocenters. The van der Waals surface area contributed by atoms with Gasteiger partial charge in [0, 0.05) is 17.1 Å². The van der Waals surface area contributed by atoms with Gasteiger partial charge in [0.1, 0.15) is 5.69 Å². The van der Waals surface area contributed by atoms with Crippen LogP contribution in [-0.4, -0.2) is 49.0 Å². The van der Waals surface area contributed by atoms with Crippen molar-refractivity contribution in [1.29, 1.82) is 0 Å². The average molecular weight is 363 g/mol. The highest BCUT2D eigenvalue weighted by Crippen LogP contribution is 2.23. The van der Waals surface area contributed by atoms with E-state index in [0.29, 0.717) is 35.7 Å². The molecule has 2 N–H and O–H groups in total. The Morgan fingerprint density at radius 1 is 1.36 bits per heavy atom. The first-order valence-electron chi connectivity index (χ1n) is 8.21. The lowest BCUT2D eigenvalue weighted by molar-refractivity contribution is 0.0519. The molecule has 0 aliphatic rings. The molecular weight excluding hydrogens is 338 g/mol. The van der Waals surface area contributed by atoms with Crippen molar-refractivity contribution in [2.24, 2.45) is 0 Å². The fourth-order valence-corrected chi connectivity index (χ4v) is 3.72. The maximum Gasteiger partial charge on any atom is 0.355 e. The van der Waals surface area contributed by atoms with Crippen molar-refractivity contribution in [3.05, 3.63) is 44.9 Å². The fourth-order valence-electron chi connectivity index (χ4n) is 2.79. The Morgan fingerprint density at radius 2 is 2.08 bits per heavy atom. The smallest absolute Gasteiger partial charge is 0.355 e. The highest BCUT2D eigenvalue weighted by molar-refractivity contribution is 7.10. The zero-order chi connectivity index (χ0) is 18.6. The standard InChI is InChI=1S/C18H25N3O3S/c1-6-24-18(23)16-11(2)15(12(3)20-16)17(22)19-10-13(21(4)5)14-8-7-9-25-14/h7-9,13,20H,6,10H2,1-5H3,(H,19,22). The molecule has 2 aromatic heterocycles. The van der Waals surface area contributed by atoms with Gasteiger partial charge < -0.3 is 19.9 Å². The minimum Gasteiger partial charge on any atom is -0.461 e. The second kappa shape index (κ2) is 8.31. The number of hydrogen-bond donors (Lipinski definition) is 2. The summed E-state index contributed by atoms with van der Waals surface area (Å²) in [5.74, 6) is -0.628. The predicted octanol–water partition coefficient (Wildman–Crippen LogP) is 2.90. The molecule has 2 rings (SSSR count). The maximum atomic E-state index is 12.7. The van der Waals surface area contributed by atoms with Crippen molar-refractivity contribution in [2.45, 2.75) is 26.8 Å². The fraction of sp³-hybridized carbons (Fsp3) is 0.444. The number of ether oxygens (including phenoxy) is 1. The summed E-state index contributed by atoms with van der Waals surface area (Å²) in [6.07, 6.45) is 0. The van der Waals surface area contributed by atoms with E-state index in [2.05, 4.69) is 21.3 Å². The molecule has 1 amide bonds. The molecule has 0 saturated carbocycles. The van der Waals surface area contributed by atoms with Gasteiger partial charge in [-0.05, 0) is 51.9 Å². The monoisotopic (exact) mass is 363 g/mol. The molecule has 2 heterocycles. The van der Waals surface area contributed by atoms with E-state index < -0.39 is 5.97 Å². The van der Waals surface area contributed by atoms with E-state index in [0.717, 1.165) is 0 Å². The summed E-state index contributed by atoms with van der Waals surface area (Å²) in [6, 6.07) is 4.17. The van der Waals surface area contributed by atoms with Gasteiger partial charge in [0.2, 0.25) is 0 Å². The number of hydrogen-bond acceptors (Lipinski definition) is 5. The SMILES string of the molecule is CCOC(=O)c1[nH]c(C)c(C(=O)NCC(c2cccs2)N(C)C)c1C. The van der Waals surface area contributed by atoms with Gasteiger partial charge in [-0.3, -0.25) is 4.79 Å². The largest absolute Gasteiger partial charge is 0.461 e. The number of amides is 1. The maximum absolute atomic E-state index is 12.7. The molecule has 0 saturated heterocycles. The van der Waals surface area contributed by atoms with Crippen molar-refractivity contribution >= 4 is 23.2 Å². The number of likely N-dealkylation sites (N-methyl/N-ethyl adjacent to an activating group) is 1. The molecule has 0 fully saturated rings. The summed E-state index contributed by atoms with van der Waals surface area (Å²) < 4.78 is 5.03. The first-order valence-corrected chi connectivity index (χ1v) is 9.09. The third-order valence-electron chi connectivity index (χ3n) is 4.10. The highest BCUT2D eigenvalue weighted by atomic mass is 32.1. The molecule has 0 bridgehead atoms. The lowest BCUT2D eigenvalue weighted by Crippen LogP contribution is -2.34. The lowest BCUT2D eigenvalue weighted by Gasteiger charge is -2.23. The van der Waals surface area contributed by atoms with Crippen LogP contribution < -0.4 is 5.32 Å². The van der Waals surface area contributed by atoms with E-state index in [4.69, 9.17) is 4.74 Å². The van der Waals surface area contributed by atoms with Crippen LogP contribution in [0.5, 0.6) is 0 Å². The van der Waals surface area contributed by atoms with Gasteiger partial charge in [0.15, 0.2) is 0 Å². The third-order valence-corrected chi connectivity index (χ3v) is 5.07. The van der Waals surface area contributed by atoms with Gasteiger partial charge in [-0.15, -0.1) is 11.3 Å². The molecule has 0 aromatic carbocycles. The van der Waals surface area contributed by atoms with E-state index in [1.165, 1.54) is 4.88 Å². The van der Waals surface area contributed by atoms with Crippen LogP contribution in [0, 0.1) is 13.8 Å². The Hall–Kier alpha value is -2.12. The van der Waals surface area contributed by atoms with Gasteiger partial charge in [-0.1, -0.05) is 6.07 Å². The lowest BCUT2D eigenvalue weighted by atomic mass is 10.1. The molecule has 7 heteroatoms. The van der Waals surface area contributed by atoms with Crippen LogP contribution in [0.3, 0.4) is 0 Å². The van der Waals surface area contributed by atoms with E-state index in [1.807, 2.05) is 25.5 Å². The number of esters is 1. The second-order valence-corrected chi connectivity index (χ2v) is 7.03. The first-order chi connectivity index (χ1) is 11.9. The highest BCUT2D eigenvalue weighted by Gasteiger charge is 2.24. The molecule has 0 spiro atoms. The number of aryl methyl sites for hydroxylation is 1. The van der Waals surface area contributed by atoms with Crippen molar-refractivity contribution in [3.8, 4) is 0 Å². The summed E-state index contributed by atoms with van der Waals surface area (Å²) in [4.78, 5) is 30.9. The molecule has 25 heavy (non-hydrogen) atoms. The normalized spacial score (nSPS) is 12.2. The molecule has 1 unspecified atom stereocenters. The number of aromatic amines is 1. The summed E-state index contributed by atoms with van der Waals surface area (Å²) in [7, 11) is 3.98. The number of carbonyl (C=O) groups excluding carboxylic acids is 2. The van der Waals surface area contributed by atoms with Crippen LogP contribution in [-0.2, 0) is 4.74 Å². The van der Waals surface area contributed by atoms with E-state index in [1.54, 1.807) is 32.1 Å². The van der Waals surface area contributed by atoms with Crippen molar-refractivity contribution in [3.63, 3.8) is 0 Å². The molecule has 0 aliphatic heterocycles. The number of H-pyrrole nitrogens is 1. The van der Waals surface area contributed by atoms with Crippen molar-refractivity contribution in [1.82, 2.24) is 15.2 Å². The number of aromatic nitrogens is 1. The predicted molar refractivity (Wildman–Crippen MR) is 99.3 cm³/mol. The van der Waals surface area contributed by atoms with Crippen LogP contribution in [0.25, 0.3) is 0 Å². The Balaban J connectivity index is 2.14. The van der Waals surface area contributed by atoms with Gasteiger partial charge in [-0.25, -0.2) is 4.79 Å². The van der Waals surface area contributed by atoms with Gasteiger partial charge in [-0.2, -0.15) is 0 Å². The Labute approximate surface area is 152 Å². The Bertz CT molecular complexity index is 735. The summed E-state index contributed by atoms with van der Waals surface area (Å²) in [5.41, 5.74) is 2.13. The topological polar surface area (TPSA) is 74.4 Å². The number of rotatable bonds is 7. The molecule has 6 nitrogen and oxygen atoms in total. The van der Waals surface area contributed by atoms with Gasteiger partial charge in [0.05, 0.1) is 18.2 Å². The van der Waals surface area contributed by atoms with Crippen LogP contribution >= 0.6 is 11.3 Å². The Morgan fingerprint density at radius 3 is 2.64 bits per heavy atom. The quantitative estimate of drug-likeness (QED) is 0.742. The number of nitrogens with one attached hydrogen (secondary N) is 2. The number of thiophene rings is 1. The molecular formula is C18H25N3O3S. The Kier molecular flexibility index (Phi) is 6.39. The molecule has 2 aromatic rings. The van der Waals surface area contributed by atoms with E-state index in [9.17, 15) is 9.59 Å². The van der Waals surface area contributed by atoms with E-state index in [-0.39, 0.29) is 11.9 Å². The van der Waals surface area contributed by atoms with Crippen LogP contribution in [0.2, 0.25) is 0 Å². The minimum atomic E-state index is -0.438. The summed E-state index contributed by atoms with van der Waals surface area (Å²) >= 11 is 1.67. The molecule has 0 radical (unpaired) electrons. The van der Waals surface area contributed by atoms with Crippen LogP contribution in [0.15, 0.2) is 17.5 Å². The summed E-state index contributed by atoms with van der Waals surface area (Å²) in [5, 5.41) is 5.02. The van der Waals surface area contributed by atoms with Gasteiger partial charge in [0.25, 0.3) is 5.91 Å². The average Bonchev–Trinajstić information content (AvgIpc) is 3.16. The third kappa shape index (κ3) is 4.29. The first kappa shape index (κ1) is 19.2. The zero-order valence-electron chi connectivity index (χ0n) is 15.3. The van der Waals surface area contributed by atoms with Crippen molar-refractivity contribution in [2.75, 3.05) is 27.2 Å².